The molecule has 2 aromatic rings. The first-order valence-corrected chi connectivity index (χ1v) is 10.8. The minimum atomic E-state index is -0.374. The molecule has 0 saturated heterocycles. The van der Waals surface area contributed by atoms with Gasteiger partial charge in [0.25, 0.3) is 5.91 Å². The van der Waals surface area contributed by atoms with Gasteiger partial charge in [-0.1, -0.05) is 13.3 Å². The molecular formula is C24H32N2O5. The highest BCUT2D eigenvalue weighted by Gasteiger charge is 2.18. The molecule has 7 heteroatoms. The molecule has 0 unspecified atom stereocenters. The van der Waals surface area contributed by atoms with Crippen molar-refractivity contribution in [1.82, 2.24) is 5.43 Å². The maximum Gasteiger partial charge on any atom is 0.271 e. The maximum atomic E-state index is 12.6. The second-order valence-electron chi connectivity index (χ2n) is 6.57. The predicted octanol–water partition coefficient (Wildman–Crippen LogP) is 4.83. The normalized spacial score (nSPS) is 10.7. The number of carbonyl (C=O) groups is 1. The van der Waals surface area contributed by atoms with E-state index in [2.05, 4.69) is 17.5 Å². The Morgan fingerprint density at radius 3 is 2.06 bits per heavy atom. The Labute approximate surface area is 184 Å². The minimum absolute atomic E-state index is 0.368. The van der Waals surface area contributed by atoms with Gasteiger partial charge in [0.1, 0.15) is 5.75 Å². The summed E-state index contributed by atoms with van der Waals surface area (Å²) in [4.78, 5) is 12.6. The van der Waals surface area contributed by atoms with Gasteiger partial charge in [-0.2, -0.15) is 5.10 Å². The molecule has 0 fully saturated rings. The van der Waals surface area contributed by atoms with Gasteiger partial charge < -0.3 is 18.9 Å². The van der Waals surface area contributed by atoms with E-state index in [9.17, 15) is 4.79 Å². The lowest BCUT2D eigenvalue weighted by atomic mass is 10.1. The van der Waals surface area contributed by atoms with E-state index in [0.29, 0.717) is 49.2 Å². The first-order valence-electron chi connectivity index (χ1n) is 10.8. The lowest BCUT2D eigenvalue weighted by molar-refractivity contribution is 0.0954. The second-order valence-corrected chi connectivity index (χ2v) is 6.57. The highest BCUT2D eigenvalue weighted by Crippen LogP contribution is 2.39. The van der Waals surface area contributed by atoms with Crippen molar-refractivity contribution in [3.8, 4) is 23.0 Å². The van der Waals surface area contributed by atoms with E-state index in [1.165, 1.54) is 0 Å². The van der Waals surface area contributed by atoms with E-state index in [-0.39, 0.29) is 5.91 Å². The van der Waals surface area contributed by atoms with E-state index in [1.54, 1.807) is 18.3 Å². The molecule has 0 aliphatic rings. The largest absolute Gasteiger partial charge is 0.494 e. The summed E-state index contributed by atoms with van der Waals surface area (Å²) in [7, 11) is 0. The van der Waals surface area contributed by atoms with Gasteiger partial charge in [0.2, 0.25) is 5.75 Å². The van der Waals surface area contributed by atoms with E-state index >= 15 is 0 Å². The Kier molecular flexibility index (Phi) is 10.2. The summed E-state index contributed by atoms with van der Waals surface area (Å²) in [5.41, 5.74) is 3.76. The van der Waals surface area contributed by atoms with Crippen LogP contribution in [0.1, 0.15) is 56.5 Å². The van der Waals surface area contributed by atoms with Crippen LogP contribution in [0.2, 0.25) is 0 Å². The lowest BCUT2D eigenvalue weighted by Gasteiger charge is -2.16. The van der Waals surface area contributed by atoms with Crippen LogP contribution in [0.3, 0.4) is 0 Å². The van der Waals surface area contributed by atoms with Crippen molar-refractivity contribution in [3.63, 3.8) is 0 Å². The Morgan fingerprint density at radius 2 is 1.52 bits per heavy atom. The topological polar surface area (TPSA) is 78.4 Å². The lowest BCUT2D eigenvalue weighted by Crippen LogP contribution is -2.18. The maximum absolute atomic E-state index is 12.6. The molecule has 0 aliphatic heterocycles. The fourth-order valence-electron chi connectivity index (χ4n) is 2.73. The van der Waals surface area contributed by atoms with Gasteiger partial charge in [-0.25, -0.2) is 5.43 Å². The molecule has 0 spiro atoms. The zero-order chi connectivity index (χ0) is 22.5. The van der Waals surface area contributed by atoms with Gasteiger partial charge >= 0.3 is 0 Å². The number of ether oxygens (including phenoxy) is 4. The number of hydrogen-bond donors (Lipinski definition) is 1. The number of nitrogens with zero attached hydrogens (tertiary/aromatic N) is 1. The molecule has 0 aliphatic carbocycles. The van der Waals surface area contributed by atoms with Crippen molar-refractivity contribution in [2.45, 2.75) is 40.5 Å². The van der Waals surface area contributed by atoms with Crippen molar-refractivity contribution < 1.29 is 23.7 Å². The van der Waals surface area contributed by atoms with Gasteiger partial charge in [0.05, 0.1) is 32.6 Å². The van der Waals surface area contributed by atoms with E-state index < -0.39 is 0 Å². The third-order valence-corrected chi connectivity index (χ3v) is 4.20. The van der Waals surface area contributed by atoms with Gasteiger partial charge in [-0.05, 0) is 69.2 Å². The molecule has 2 rings (SSSR count). The van der Waals surface area contributed by atoms with Gasteiger partial charge in [0, 0.05) is 5.56 Å². The number of carbonyl (C=O) groups excluding carboxylic acids is 1. The molecule has 168 valence electrons. The summed E-state index contributed by atoms with van der Waals surface area (Å²) in [6.07, 6.45) is 3.70. The van der Waals surface area contributed by atoms with Crippen LogP contribution in [-0.2, 0) is 0 Å². The molecule has 1 amide bonds. The molecule has 2 aromatic carbocycles. The van der Waals surface area contributed by atoms with Crippen molar-refractivity contribution in [2.75, 3.05) is 26.4 Å². The standard InChI is InChI=1S/C24H32N2O5/c1-5-9-14-31-20-12-10-18(11-13-20)17-25-26-24(27)19-15-21(28-6-2)23(30-8-4)22(16-19)29-7-3/h10-13,15-17H,5-9,14H2,1-4H3,(H,26,27)/b25-17-. The number of nitrogens with one attached hydrogen (secondary N) is 1. The molecule has 1 N–H and O–H groups in total. The third-order valence-electron chi connectivity index (χ3n) is 4.20. The van der Waals surface area contributed by atoms with Crippen LogP contribution < -0.4 is 24.4 Å². The van der Waals surface area contributed by atoms with E-state index in [0.717, 1.165) is 24.2 Å². The molecule has 31 heavy (non-hydrogen) atoms. The zero-order valence-corrected chi connectivity index (χ0v) is 18.8. The highest BCUT2D eigenvalue weighted by molar-refractivity contribution is 5.96. The summed E-state index contributed by atoms with van der Waals surface area (Å²) in [6.45, 7) is 9.78. The summed E-state index contributed by atoms with van der Waals surface area (Å²) in [5.74, 6) is 1.86. The highest BCUT2D eigenvalue weighted by atomic mass is 16.5. The molecule has 0 heterocycles. The van der Waals surface area contributed by atoms with Crippen LogP contribution in [0.15, 0.2) is 41.5 Å². The van der Waals surface area contributed by atoms with Crippen LogP contribution in [-0.4, -0.2) is 38.5 Å². The van der Waals surface area contributed by atoms with Crippen LogP contribution >= 0.6 is 0 Å². The average molecular weight is 429 g/mol. The van der Waals surface area contributed by atoms with Crippen LogP contribution in [0.25, 0.3) is 0 Å². The van der Waals surface area contributed by atoms with Crippen LogP contribution in [0, 0.1) is 0 Å². The Balaban J connectivity index is 2.08. The molecule has 0 bridgehead atoms. The fourth-order valence-corrected chi connectivity index (χ4v) is 2.73. The Morgan fingerprint density at radius 1 is 0.903 bits per heavy atom. The number of amides is 1. The average Bonchev–Trinajstić information content (AvgIpc) is 2.77. The quantitative estimate of drug-likeness (QED) is 0.281. The summed E-state index contributed by atoms with van der Waals surface area (Å²) in [5, 5.41) is 4.05. The number of benzene rings is 2. The Bertz CT molecular complexity index is 823. The summed E-state index contributed by atoms with van der Waals surface area (Å²) >= 11 is 0. The van der Waals surface area contributed by atoms with Crippen LogP contribution in [0.5, 0.6) is 23.0 Å². The smallest absolute Gasteiger partial charge is 0.271 e. The summed E-state index contributed by atoms with van der Waals surface area (Å²) < 4.78 is 22.6. The van der Waals surface area contributed by atoms with Crippen molar-refractivity contribution >= 4 is 12.1 Å². The molecular weight excluding hydrogens is 396 g/mol. The predicted molar refractivity (Wildman–Crippen MR) is 122 cm³/mol. The van der Waals surface area contributed by atoms with Crippen molar-refractivity contribution in [2.24, 2.45) is 5.10 Å². The molecule has 7 nitrogen and oxygen atoms in total. The second kappa shape index (κ2) is 13.2. The molecule has 0 atom stereocenters. The number of hydrogen-bond acceptors (Lipinski definition) is 6. The molecule has 0 radical (unpaired) electrons. The monoisotopic (exact) mass is 428 g/mol. The fraction of sp³-hybridized carbons (Fsp3) is 0.417. The summed E-state index contributed by atoms with van der Waals surface area (Å²) in [6, 6.07) is 10.8. The number of hydrazone groups is 1. The van der Waals surface area contributed by atoms with Gasteiger partial charge in [-0.3, -0.25) is 4.79 Å². The molecule has 0 saturated carbocycles. The minimum Gasteiger partial charge on any atom is -0.494 e. The third kappa shape index (κ3) is 7.51. The van der Waals surface area contributed by atoms with Crippen molar-refractivity contribution in [3.05, 3.63) is 47.5 Å². The van der Waals surface area contributed by atoms with E-state index in [4.69, 9.17) is 18.9 Å². The van der Waals surface area contributed by atoms with E-state index in [1.807, 2.05) is 45.0 Å². The first-order chi connectivity index (χ1) is 15.1. The SMILES string of the molecule is CCCCOc1ccc(/C=N\NC(=O)c2cc(OCC)c(OCC)c(OCC)c2)cc1. The Hall–Kier alpha value is -3.22. The zero-order valence-electron chi connectivity index (χ0n) is 18.8. The number of unbranched alkanes of at least 4 members (excludes halogenated alkanes) is 1. The van der Waals surface area contributed by atoms with Crippen LogP contribution in [0.4, 0.5) is 0 Å². The number of rotatable bonds is 13. The van der Waals surface area contributed by atoms with Crippen molar-refractivity contribution in [1.29, 1.82) is 0 Å². The van der Waals surface area contributed by atoms with Gasteiger partial charge in [0.15, 0.2) is 11.5 Å². The first kappa shape index (κ1) is 24.1. The molecule has 0 aromatic heterocycles. The van der Waals surface area contributed by atoms with Gasteiger partial charge in [-0.15, -0.1) is 0 Å².